The van der Waals surface area contributed by atoms with Gasteiger partial charge in [0.2, 0.25) is 0 Å². The summed E-state index contributed by atoms with van der Waals surface area (Å²) in [5.41, 5.74) is 4.26. The highest BCUT2D eigenvalue weighted by Crippen LogP contribution is 2.27. The molecule has 25 heavy (non-hydrogen) atoms. The highest BCUT2D eigenvalue weighted by Gasteiger charge is 2.19. The van der Waals surface area contributed by atoms with E-state index in [2.05, 4.69) is 41.3 Å². The third-order valence-electron chi connectivity index (χ3n) is 3.97. The molecule has 3 aromatic rings. The molecule has 1 atom stereocenters. The lowest BCUT2D eigenvalue weighted by molar-refractivity contribution is -0.124. The highest BCUT2D eigenvalue weighted by atomic mass is 16.5. The Morgan fingerprint density at radius 2 is 2.20 bits per heavy atom. The second-order valence-corrected chi connectivity index (χ2v) is 6.39. The fourth-order valence-electron chi connectivity index (χ4n) is 2.82. The third kappa shape index (κ3) is 3.95. The van der Waals surface area contributed by atoms with Gasteiger partial charge in [0.15, 0.2) is 0 Å². The Labute approximate surface area is 145 Å². The predicted molar refractivity (Wildman–Crippen MR) is 94.9 cm³/mol. The van der Waals surface area contributed by atoms with E-state index >= 15 is 0 Å². The largest absolute Gasteiger partial charge is 0.357 e. The molecule has 2 heterocycles. The van der Waals surface area contributed by atoms with E-state index in [0.29, 0.717) is 11.6 Å². The van der Waals surface area contributed by atoms with Gasteiger partial charge in [-0.3, -0.25) is 10.0 Å². The fraction of sp³-hybridized carbons (Fsp3) is 0.278. The van der Waals surface area contributed by atoms with E-state index in [4.69, 9.17) is 5.21 Å². The van der Waals surface area contributed by atoms with Crippen LogP contribution in [0.5, 0.6) is 0 Å². The van der Waals surface area contributed by atoms with Gasteiger partial charge in [-0.05, 0) is 35.9 Å². The van der Waals surface area contributed by atoms with E-state index < -0.39 is 5.91 Å². The molecule has 0 radical (unpaired) electrons. The first-order valence-electron chi connectivity index (χ1n) is 8.18. The smallest absolute Gasteiger partial charge is 0.267 e. The first-order chi connectivity index (χ1) is 12.1. The van der Waals surface area contributed by atoms with Crippen LogP contribution in [0.4, 0.5) is 0 Å². The molecule has 3 rings (SSSR count). The lowest BCUT2D eigenvalue weighted by atomic mass is 10.0. The van der Waals surface area contributed by atoms with Gasteiger partial charge in [-0.25, -0.2) is 10.2 Å². The minimum Gasteiger partial charge on any atom is -0.357 e. The number of hydrogen-bond acceptors (Lipinski definition) is 4. The monoisotopic (exact) mass is 339 g/mol. The molecule has 0 saturated carbocycles. The Morgan fingerprint density at radius 3 is 2.92 bits per heavy atom. The molecule has 0 aliphatic carbocycles. The number of hydroxylamine groups is 1. The van der Waals surface area contributed by atoms with Crippen molar-refractivity contribution >= 4 is 22.9 Å². The van der Waals surface area contributed by atoms with Gasteiger partial charge in [0.05, 0.1) is 12.2 Å². The van der Waals surface area contributed by atoms with Gasteiger partial charge in [0, 0.05) is 17.3 Å². The molecule has 7 nitrogen and oxygen atoms in total. The molecule has 2 aromatic heterocycles. The molecule has 0 bridgehead atoms. The van der Waals surface area contributed by atoms with Crippen LogP contribution in [0.2, 0.25) is 0 Å². The SMILES string of the molecule is CC(C)CC(c1cc2ccccc2[nH]1)n1cc(C=CC(=O)NO)nn1. The Kier molecular flexibility index (Phi) is 4.95. The van der Waals surface area contributed by atoms with Gasteiger partial charge in [-0.15, -0.1) is 5.10 Å². The zero-order valence-corrected chi connectivity index (χ0v) is 14.2. The van der Waals surface area contributed by atoms with Crippen molar-refractivity contribution in [2.75, 3.05) is 0 Å². The number of amides is 1. The van der Waals surface area contributed by atoms with Crippen molar-refractivity contribution in [1.82, 2.24) is 25.5 Å². The Morgan fingerprint density at radius 1 is 1.40 bits per heavy atom. The second kappa shape index (κ2) is 7.31. The normalized spacial score (nSPS) is 13.0. The molecule has 1 aromatic carbocycles. The average Bonchev–Trinajstić information content (AvgIpc) is 3.23. The second-order valence-electron chi connectivity index (χ2n) is 6.39. The van der Waals surface area contributed by atoms with Crippen molar-refractivity contribution in [2.45, 2.75) is 26.3 Å². The lowest BCUT2D eigenvalue weighted by Crippen LogP contribution is -2.14. The van der Waals surface area contributed by atoms with Gasteiger partial charge >= 0.3 is 0 Å². The summed E-state index contributed by atoms with van der Waals surface area (Å²) < 4.78 is 1.81. The molecule has 3 N–H and O–H groups in total. The third-order valence-corrected chi connectivity index (χ3v) is 3.97. The van der Waals surface area contributed by atoms with Gasteiger partial charge in [-0.2, -0.15) is 0 Å². The van der Waals surface area contributed by atoms with E-state index in [0.717, 1.165) is 23.0 Å². The van der Waals surface area contributed by atoms with Crippen molar-refractivity contribution in [3.05, 3.63) is 54.0 Å². The molecule has 0 saturated heterocycles. The zero-order valence-electron chi connectivity index (χ0n) is 14.2. The summed E-state index contributed by atoms with van der Waals surface area (Å²) in [6.07, 6.45) is 5.40. The summed E-state index contributed by atoms with van der Waals surface area (Å²) >= 11 is 0. The Hall–Kier alpha value is -2.93. The van der Waals surface area contributed by atoms with Crippen molar-refractivity contribution < 1.29 is 10.0 Å². The van der Waals surface area contributed by atoms with Crippen LogP contribution in [0.1, 0.15) is 37.7 Å². The molecule has 130 valence electrons. The van der Waals surface area contributed by atoms with Gasteiger partial charge < -0.3 is 4.98 Å². The van der Waals surface area contributed by atoms with Gasteiger partial charge in [0.25, 0.3) is 5.91 Å². The quantitative estimate of drug-likeness (QED) is 0.365. The van der Waals surface area contributed by atoms with Crippen LogP contribution >= 0.6 is 0 Å². The van der Waals surface area contributed by atoms with Crippen LogP contribution in [-0.2, 0) is 4.79 Å². The summed E-state index contributed by atoms with van der Waals surface area (Å²) in [6.45, 7) is 4.33. The fourth-order valence-corrected chi connectivity index (χ4v) is 2.82. The first kappa shape index (κ1) is 16.9. The van der Waals surface area contributed by atoms with Crippen molar-refractivity contribution in [3.63, 3.8) is 0 Å². The molecule has 7 heteroatoms. The van der Waals surface area contributed by atoms with Crippen molar-refractivity contribution in [2.24, 2.45) is 5.92 Å². The van der Waals surface area contributed by atoms with E-state index in [1.165, 1.54) is 12.2 Å². The minimum atomic E-state index is -0.608. The molecular formula is C18H21N5O2. The van der Waals surface area contributed by atoms with Crippen molar-refractivity contribution in [1.29, 1.82) is 0 Å². The van der Waals surface area contributed by atoms with Crippen LogP contribution in [-0.4, -0.2) is 31.1 Å². The number of aromatic nitrogens is 4. The first-order valence-corrected chi connectivity index (χ1v) is 8.18. The number of aromatic amines is 1. The van der Waals surface area contributed by atoms with Crippen LogP contribution in [0.15, 0.2) is 42.6 Å². The van der Waals surface area contributed by atoms with Gasteiger partial charge in [-0.1, -0.05) is 37.3 Å². The van der Waals surface area contributed by atoms with Crippen LogP contribution in [0.3, 0.4) is 0 Å². The molecule has 1 amide bonds. The highest BCUT2D eigenvalue weighted by molar-refractivity contribution is 5.90. The number of para-hydroxylation sites is 1. The molecular weight excluding hydrogens is 318 g/mol. The van der Waals surface area contributed by atoms with E-state index in [9.17, 15) is 4.79 Å². The Balaban J connectivity index is 1.92. The number of nitrogens with zero attached hydrogens (tertiary/aromatic N) is 3. The number of hydrogen-bond donors (Lipinski definition) is 3. The molecule has 0 aliphatic heterocycles. The number of carbonyl (C=O) groups is 1. The lowest BCUT2D eigenvalue weighted by Gasteiger charge is -2.17. The van der Waals surface area contributed by atoms with Gasteiger partial charge in [0.1, 0.15) is 5.69 Å². The van der Waals surface area contributed by atoms with Crippen LogP contribution < -0.4 is 5.48 Å². The number of H-pyrrole nitrogens is 1. The number of rotatable bonds is 6. The molecule has 0 fully saturated rings. The molecule has 0 spiro atoms. The van der Waals surface area contributed by atoms with Crippen LogP contribution in [0, 0.1) is 5.92 Å². The summed E-state index contributed by atoms with van der Waals surface area (Å²) in [4.78, 5) is 14.5. The number of fused-ring (bicyclic) bond motifs is 1. The maximum Gasteiger partial charge on any atom is 0.267 e. The maximum absolute atomic E-state index is 11.1. The summed E-state index contributed by atoms with van der Waals surface area (Å²) in [5.74, 6) is -0.135. The number of benzene rings is 1. The Bertz CT molecular complexity index is 861. The number of nitrogens with one attached hydrogen (secondary N) is 2. The topological polar surface area (TPSA) is 95.8 Å². The summed E-state index contributed by atoms with van der Waals surface area (Å²) in [7, 11) is 0. The van der Waals surface area contributed by atoms with Crippen molar-refractivity contribution in [3.8, 4) is 0 Å². The summed E-state index contributed by atoms with van der Waals surface area (Å²) in [5, 5.41) is 18.0. The van der Waals surface area contributed by atoms with Crippen LogP contribution in [0.25, 0.3) is 17.0 Å². The summed E-state index contributed by atoms with van der Waals surface area (Å²) in [6, 6.07) is 10.3. The molecule has 1 unspecified atom stereocenters. The maximum atomic E-state index is 11.1. The van der Waals surface area contributed by atoms with E-state index in [1.807, 2.05) is 18.2 Å². The molecule has 0 aliphatic rings. The number of carbonyl (C=O) groups excluding carboxylic acids is 1. The minimum absolute atomic E-state index is 0.0220. The standard InChI is InChI=1S/C18H21N5O2/c1-12(2)9-17(16-10-13-5-3-4-6-15(13)19-16)23-11-14(20-22-23)7-8-18(24)21-25/h3-8,10-12,17,19,25H,9H2,1-2H3,(H,21,24). The van der Waals surface area contributed by atoms with E-state index in [-0.39, 0.29) is 6.04 Å². The average molecular weight is 339 g/mol. The predicted octanol–water partition coefficient (Wildman–Crippen LogP) is 2.91. The van der Waals surface area contributed by atoms with E-state index in [1.54, 1.807) is 16.4 Å². The zero-order chi connectivity index (χ0) is 17.8.